The van der Waals surface area contributed by atoms with E-state index in [1.54, 1.807) is 6.92 Å². The average molecular weight is 473 g/mol. The van der Waals surface area contributed by atoms with Crippen molar-refractivity contribution in [1.82, 2.24) is 0 Å². The molecule has 0 radical (unpaired) electrons. The Balaban J connectivity index is -0.0000000429. The van der Waals surface area contributed by atoms with Crippen LogP contribution in [-0.2, 0) is 0 Å². The van der Waals surface area contributed by atoms with Gasteiger partial charge >= 0.3 is 23.9 Å². The number of aliphatic hydroxyl groups is 3. The second-order valence-corrected chi connectivity index (χ2v) is 2.42. The zero-order valence-corrected chi connectivity index (χ0v) is 14.3. The molecule has 0 aliphatic carbocycles. The summed E-state index contributed by atoms with van der Waals surface area (Å²) >= 11 is 0. The van der Waals surface area contributed by atoms with E-state index in [0.29, 0.717) is 6.42 Å². The Hall–Kier alpha value is -2.52. The fourth-order valence-corrected chi connectivity index (χ4v) is 0.335. The van der Waals surface area contributed by atoms with Gasteiger partial charge in [-0.2, -0.15) is 0 Å². The molecule has 0 amide bonds. The molecule has 19 nitrogen and oxygen atoms in total. The van der Waals surface area contributed by atoms with Gasteiger partial charge in [0.2, 0.25) is 0 Å². The van der Waals surface area contributed by atoms with E-state index in [-0.39, 0.29) is 30.3 Å². The van der Waals surface area contributed by atoms with Crippen molar-refractivity contribution >= 4 is 23.9 Å². The molecule has 0 heterocycles. The normalized spacial score (nSPS) is 7.50. The summed E-state index contributed by atoms with van der Waals surface area (Å²) in [6.45, 7) is 1.75. The predicted molar refractivity (Wildman–Crippen MR) is 71.5 cm³/mol. The van der Waals surface area contributed by atoms with Crippen molar-refractivity contribution in [3.05, 3.63) is 61.3 Å². The summed E-state index contributed by atoms with van der Waals surface area (Å²) in [5.41, 5.74) is 0. The first-order valence-corrected chi connectivity index (χ1v) is 4.42. The van der Waals surface area contributed by atoms with Crippen LogP contribution in [0.5, 0.6) is 0 Å². The molecule has 20 heteroatoms. The Bertz CT molecular complexity index is 266. The van der Waals surface area contributed by atoms with Crippen LogP contribution in [-0.4, -0.2) is 65.5 Å². The van der Waals surface area contributed by atoms with Gasteiger partial charge in [0.05, 0.1) is 20.3 Å². The van der Waals surface area contributed by atoms with Crippen LogP contribution in [0.1, 0.15) is 19.8 Å². The molecule has 0 atom stereocenters. The Morgan fingerprint density at radius 3 is 0.792 bits per heavy atom. The summed E-state index contributed by atoms with van der Waals surface area (Å²) in [6.07, 6.45) is 0.566. The first kappa shape index (κ1) is 37.6. The number of hydrogen-bond acceptors (Lipinski definition) is 15. The molecule has 0 aromatic heterocycles. The summed E-state index contributed by atoms with van der Waals surface area (Å²) in [5.74, 6) is -2.45. The summed E-state index contributed by atoms with van der Waals surface area (Å²) in [5, 5.41) is 83.4. The maximum atomic E-state index is 8.25. The summed E-state index contributed by atoms with van der Waals surface area (Å²) < 4.78 is 0. The Kier molecular flexibility index (Phi) is 39.8. The smallest absolute Gasteiger partial charge is 0.356 e. The van der Waals surface area contributed by atoms with Gasteiger partial charge < -0.3 is 76.6 Å². The van der Waals surface area contributed by atoms with Gasteiger partial charge in [-0.15, -0.1) is 0 Å². The Morgan fingerprint density at radius 1 is 0.667 bits per heavy atom. The van der Waals surface area contributed by atoms with Gasteiger partial charge in [0.1, 0.15) is 0 Å². The molecular formula is C4H10N4O15Sn. The summed E-state index contributed by atoms with van der Waals surface area (Å²) in [4.78, 5) is 33.0. The third kappa shape index (κ3) is 3040. The van der Waals surface area contributed by atoms with Gasteiger partial charge in [0.15, 0.2) is 0 Å². The monoisotopic (exact) mass is 474 g/mol. The topological polar surface area (TPSA) is 325 Å². The van der Waals surface area contributed by atoms with Crippen molar-refractivity contribution in [2.24, 2.45) is 0 Å². The van der Waals surface area contributed by atoms with Crippen LogP contribution in [0.15, 0.2) is 0 Å². The minimum Gasteiger partial charge on any atom is -0.356 e. The maximum absolute atomic E-state index is 8.25. The van der Waals surface area contributed by atoms with Crippen LogP contribution in [0.3, 0.4) is 0 Å². The quantitative estimate of drug-likeness (QED) is 0.170. The fraction of sp³-hybridized carbons (Fsp3) is 1.00. The van der Waals surface area contributed by atoms with Gasteiger partial charge in [-0.3, -0.25) is 0 Å². The minimum absolute atomic E-state index is 0. The van der Waals surface area contributed by atoms with Crippen molar-refractivity contribution in [2.45, 2.75) is 25.7 Å². The van der Waals surface area contributed by atoms with Gasteiger partial charge in [-0.1, -0.05) is 6.92 Å². The second kappa shape index (κ2) is 25.4. The van der Waals surface area contributed by atoms with Crippen molar-refractivity contribution < 1.29 is 35.7 Å². The molecule has 0 unspecified atom stereocenters. The molecule has 24 heavy (non-hydrogen) atoms. The van der Waals surface area contributed by atoms with E-state index in [0.717, 1.165) is 0 Å². The molecule has 0 aromatic rings. The fourth-order valence-electron chi connectivity index (χ4n) is 0.335. The minimum atomic E-state index is -2.45. The van der Waals surface area contributed by atoms with Crippen molar-refractivity contribution in [1.29, 1.82) is 0 Å². The number of rotatable bonds is 2. The first-order chi connectivity index (χ1) is 9.99. The zero-order chi connectivity index (χ0) is 20.2. The molecule has 0 saturated heterocycles. The van der Waals surface area contributed by atoms with Gasteiger partial charge in [-0.25, -0.2) is 0 Å². The molecule has 0 fully saturated rings. The largest absolute Gasteiger partial charge is 4.00 e. The van der Waals surface area contributed by atoms with Crippen LogP contribution in [0.4, 0.5) is 0 Å². The zero-order valence-electron chi connectivity index (χ0n) is 11.4. The van der Waals surface area contributed by atoms with Crippen LogP contribution in [0.2, 0.25) is 0 Å². The molecule has 0 bridgehead atoms. The van der Waals surface area contributed by atoms with Crippen LogP contribution in [0, 0.1) is 61.3 Å². The van der Waals surface area contributed by atoms with Gasteiger partial charge in [-0.05, 0) is 6.42 Å². The van der Waals surface area contributed by atoms with E-state index in [9.17, 15) is 0 Å². The van der Waals surface area contributed by atoms with Crippen molar-refractivity contribution in [3.63, 3.8) is 0 Å². The van der Waals surface area contributed by atoms with E-state index in [4.69, 9.17) is 76.6 Å². The first-order valence-electron chi connectivity index (χ1n) is 4.42. The van der Waals surface area contributed by atoms with E-state index in [1.807, 2.05) is 0 Å². The van der Waals surface area contributed by atoms with Crippen LogP contribution >= 0.6 is 0 Å². The molecule has 0 aromatic carbocycles. The molecule has 0 aliphatic rings. The van der Waals surface area contributed by atoms with Crippen molar-refractivity contribution in [3.8, 4) is 0 Å². The SMILES string of the molecule is CCCC(O)(O)O.O=[N+]([O-])[O-].O=[N+]([O-])[O-].O=[N+]([O-])[O-].O=[N+]([O-])[O-].[Sn+4]. The maximum Gasteiger partial charge on any atom is 4.00 e. The summed E-state index contributed by atoms with van der Waals surface area (Å²) in [6, 6.07) is 0. The van der Waals surface area contributed by atoms with Crippen molar-refractivity contribution in [2.75, 3.05) is 0 Å². The third-order valence-electron chi connectivity index (χ3n) is 0.585. The van der Waals surface area contributed by atoms with Crippen LogP contribution < -0.4 is 0 Å². The third-order valence-corrected chi connectivity index (χ3v) is 0.585. The summed E-state index contributed by atoms with van der Waals surface area (Å²) in [7, 11) is 0. The molecule has 0 rings (SSSR count). The molecule has 0 saturated carbocycles. The average Bonchev–Trinajstić information content (AvgIpc) is 2.09. The molecule has 0 spiro atoms. The van der Waals surface area contributed by atoms with Crippen LogP contribution in [0.25, 0.3) is 0 Å². The molecule has 3 N–H and O–H groups in total. The number of nitrogens with zero attached hydrogens (tertiary/aromatic N) is 4. The van der Waals surface area contributed by atoms with E-state index >= 15 is 0 Å². The van der Waals surface area contributed by atoms with Gasteiger partial charge in [0, 0.05) is 6.42 Å². The predicted octanol–water partition coefficient (Wildman–Crippen LogP) is -1.92. The number of hydrogen-bond donors (Lipinski definition) is 3. The van der Waals surface area contributed by atoms with E-state index in [2.05, 4.69) is 0 Å². The Labute approximate surface area is 147 Å². The molecule has 0 aliphatic heterocycles. The van der Waals surface area contributed by atoms with E-state index < -0.39 is 26.3 Å². The standard InChI is InChI=1S/C4H10O3.4NO3.Sn/c1-2-3-4(5,6)7;4*2-1(3)4;/h5-7H,2-3H2,1H3;;;;;/q;4*-1;+4. The molecule has 140 valence electrons. The molecular weight excluding hydrogens is 463 g/mol. The second-order valence-electron chi connectivity index (χ2n) is 2.42. The van der Waals surface area contributed by atoms with E-state index in [1.165, 1.54) is 0 Å². The van der Waals surface area contributed by atoms with Gasteiger partial charge in [0.25, 0.3) is 5.97 Å². The Morgan fingerprint density at radius 2 is 0.792 bits per heavy atom.